The molecule has 0 bridgehead atoms. The molecule has 0 spiro atoms. The van der Waals surface area contributed by atoms with Gasteiger partial charge in [-0.1, -0.05) is 12.1 Å². The van der Waals surface area contributed by atoms with E-state index in [0.29, 0.717) is 18.0 Å². The number of nitrogens with one attached hydrogen (secondary N) is 1. The molecule has 2 heterocycles. The molecule has 0 radical (unpaired) electrons. The molecule has 4 aromatic rings. The molecule has 0 aliphatic carbocycles. The van der Waals surface area contributed by atoms with Crippen molar-refractivity contribution in [2.75, 3.05) is 5.32 Å². The van der Waals surface area contributed by atoms with Crippen LogP contribution in [0, 0.1) is 12.7 Å². The fourth-order valence-corrected chi connectivity index (χ4v) is 4.57. The van der Waals surface area contributed by atoms with E-state index in [1.54, 1.807) is 23.5 Å². The van der Waals surface area contributed by atoms with Crippen LogP contribution in [0.4, 0.5) is 9.52 Å². The molecule has 0 aliphatic heterocycles. The highest BCUT2D eigenvalue weighted by molar-refractivity contribution is 7.18. The molecule has 4 rings (SSSR count). The Morgan fingerprint density at radius 3 is 2.63 bits per heavy atom. The third-order valence-electron chi connectivity index (χ3n) is 4.06. The summed E-state index contributed by atoms with van der Waals surface area (Å²) in [6, 6.07) is 14.2. The van der Waals surface area contributed by atoms with Crippen LogP contribution in [0.1, 0.15) is 16.3 Å². The van der Waals surface area contributed by atoms with Crippen LogP contribution in [0.2, 0.25) is 0 Å². The van der Waals surface area contributed by atoms with E-state index in [2.05, 4.69) is 15.3 Å². The second-order valence-corrected chi connectivity index (χ2v) is 8.37. The van der Waals surface area contributed by atoms with Gasteiger partial charge in [0.15, 0.2) is 5.13 Å². The number of fused-ring (bicyclic) bond motifs is 1. The van der Waals surface area contributed by atoms with E-state index in [1.807, 2.05) is 31.2 Å². The molecule has 0 unspecified atom stereocenters. The van der Waals surface area contributed by atoms with Gasteiger partial charge in [-0.05, 0) is 43.3 Å². The summed E-state index contributed by atoms with van der Waals surface area (Å²) in [5, 5.41) is 4.37. The predicted octanol–water partition coefficient (Wildman–Crippen LogP) is 5.44. The van der Waals surface area contributed by atoms with Gasteiger partial charge in [0.05, 0.1) is 20.9 Å². The van der Waals surface area contributed by atoms with Gasteiger partial charge in [0.1, 0.15) is 5.82 Å². The molecule has 7 heteroatoms. The van der Waals surface area contributed by atoms with E-state index < -0.39 is 0 Å². The second-order valence-electron chi connectivity index (χ2n) is 6.05. The molecular formula is C20H16FN3OS2. The van der Waals surface area contributed by atoms with Gasteiger partial charge in [-0.15, -0.1) is 22.7 Å². The topological polar surface area (TPSA) is 54.9 Å². The zero-order chi connectivity index (χ0) is 18.8. The third-order valence-corrected chi connectivity index (χ3v) is 6.05. The lowest BCUT2D eigenvalue weighted by molar-refractivity contribution is -0.116. The van der Waals surface area contributed by atoms with E-state index >= 15 is 0 Å². The van der Waals surface area contributed by atoms with E-state index in [4.69, 9.17) is 0 Å². The van der Waals surface area contributed by atoms with E-state index in [9.17, 15) is 9.18 Å². The Kier molecular flexibility index (Phi) is 4.96. The number of para-hydroxylation sites is 1. The van der Waals surface area contributed by atoms with Crippen LogP contribution in [0.3, 0.4) is 0 Å². The Morgan fingerprint density at radius 2 is 1.85 bits per heavy atom. The molecule has 136 valence electrons. The zero-order valence-corrected chi connectivity index (χ0v) is 16.2. The smallest absolute Gasteiger partial charge is 0.226 e. The van der Waals surface area contributed by atoms with Crippen LogP contribution >= 0.6 is 22.7 Å². The van der Waals surface area contributed by atoms with Gasteiger partial charge in [-0.3, -0.25) is 4.79 Å². The molecule has 27 heavy (non-hydrogen) atoms. The number of rotatable bonds is 5. The van der Waals surface area contributed by atoms with Gasteiger partial charge >= 0.3 is 0 Å². The van der Waals surface area contributed by atoms with Crippen molar-refractivity contribution in [2.24, 2.45) is 0 Å². The van der Waals surface area contributed by atoms with Crippen LogP contribution in [-0.4, -0.2) is 15.9 Å². The van der Waals surface area contributed by atoms with Gasteiger partial charge < -0.3 is 5.32 Å². The molecular weight excluding hydrogens is 381 g/mol. The van der Waals surface area contributed by atoms with Crippen LogP contribution < -0.4 is 5.32 Å². The standard InChI is InChI=1S/C20H16FN3OS2/c1-12-19(13-6-8-14(21)9-7-13)24-20(26-12)23-17(25)10-11-18-22-15-4-2-3-5-16(15)27-18/h2-9H,10-11H2,1H3,(H,23,24,25). The van der Waals surface area contributed by atoms with Crippen molar-refractivity contribution in [1.29, 1.82) is 0 Å². The average Bonchev–Trinajstić information content (AvgIpc) is 3.23. The normalized spacial score (nSPS) is 11.0. The fourth-order valence-electron chi connectivity index (χ4n) is 2.75. The van der Waals surface area contributed by atoms with Gasteiger partial charge in [0, 0.05) is 23.3 Å². The quantitative estimate of drug-likeness (QED) is 0.488. The van der Waals surface area contributed by atoms with Gasteiger partial charge in [0.2, 0.25) is 5.91 Å². The Hall–Kier alpha value is -2.64. The van der Waals surface area contributed by atoms with E-state index in [0.717, 1.165) is 31.4 Å². The number of carbonyl (C=O) groups excluding carboxylic acids is 1. The molecule has 0 atom stereocenters. The highest BCUT2D eigenvalue weighted by Gasteiger charge is 2.13. The highest BCUT2D eigenvalue weighted by Crippen LogP contribution is 2.30. The first-order valence-electron chi connectivity index (χ1n) is 8.46. The first kappa shape index (κ1) is 17.8. The first-order valence-corrected chi connectivity index (χ1v) is 10.1. The van der Waals surface area contributed by atoms with E-state index in [-0.39, 0.29) is 11.7 Å². The number of aromatic nitrogens is 2. The van der Waals surface area contributed by atoms with Gasteiger partial charge in [-0.2, -0.15) is 0 Å². The fraction of sp³-hybridized carbons (Fsp3) is 0.150. The summed E-state index contributed by atoms with van der Waals surface area (Å²) in [5.74, 6) is -0.372. The van der Waals surface area contributed by atoms with Crippen molar-refractivity contribution in [3.63, 3.8) is 0 Å². The van der Waals surface area contributed by atoms with Gasteiger partial charge in [-0.25, -0.2) is 14.4 Å². The summed E-state index contributed by atoms with van der Waals surface area (Å²) in [4.78, 5) is 22.3. The first-order chi connectivity index (χ1) is 13.1. The SMILES string of the molecule is Cc1sc(NC(=O)CCc2nc3ccccc3s2)nc1-c1ccc(F)cc1. The summed E-state index contributed by atoms with van der Waals surface area (Å²) in [6.07, 6.45) is 0.949. The molecule has 1 N–H and O–H groups in total. The maximum atomic E-state index is 13.1. The summed E-state index contributed by atoms with van der Waals surface area (Å²) < 4.78 is 14.2. The molecule has 0 aliphatic rings. The Bertz CT molecular complexity index is 1070. The van der Waals surface area contributed by atoms with Gasteiger partial charge in [0.25, 0.3) is 0 Å². The lowest BCUT2D eigenvalue weighted by atomic mass is 10.1. The number of nitrogens with zero attached hydrogens (tertiary/aromatic N) is 2. The van der Waals surface area contributed by atoms with Crippen molar-refractivity contribution < 1.29 is 9.18 Å². The number of amides is 1. The average molecular weight is 398 g/mol. The largest absolute Gasteiger partial charge is 0.302 e. The molecule has 0 saturated carbocycles. The zero-order valence-electron chi connectivity index (χ0n) is 14.5. The molecule has 0 saturated heterocycles. The number of hydrogen-bond acceptors (Lipinski definition) is 5. The number of hydrogen-bond donors (Lipinski definition) is 1. The number of thiazole rings is 2. The van der Waals surface area contributed by atoms with Crippen LogP contribution in [0.15, 0.2) is 48.5 Å². The predicted molar refractivity (Wildman–Crippen MR) is 109 cm³/mol. The van der Waals surface area contributed by atoms with Crippen LogP contribution in [0.5, 0.6) is 0 Å². The number of halogens is 1. The minimum Gasteiger partial charge on any atom is -0.302 e. The number of carbonyl (C=O) groups is 1. The van der Waals surface area contributed by atoms with Crippen LogP contribution in [0.25, 0.3) is 21.5 Å². The number of aryl methyl sites for hydroxylation is 2. The molecule has 4 nitrogen and oxygen atoms in total. The molecule has 2 aromatic carbocycles. The minimum absolute atomic E-state index is 0.0892. The lowest BCUT2D eigenvalue weighted by Gasteiger charge is -2.00. The summed E-state index contributed by atoms with van der Waals surface area (Å²) in [6.45, 7) is 1.94. The lowest BCUT2D eigenvalue weighted by Crippen LogP contribution is -2.12. The summed E-state index contributed by atoms with van der Waals surface area (Å²) in [5.41, 5.74) is 2.57. The minimum atomic E-state index is -0.282. The van der Waals surface area contributed by atoms with Crippen molar-refractivity contribution in [1.82, 2.24) is 9.97 Å². The number of anilines is 1. The second kappa shape index (κ2) is 7.54. The Morgan fingerprint density at radius 1 is 1.07 bits per heavy atom. The number of benzene rings is 2. The molecule has 0 fully saturated rings. The summed E-state index contributed by atoms with van der Waals surface area (Å²) >= 11 is 3.03. The third kappa shape index (κ3) is 4.04. The Balaban J connectivity index is 1.40. The van der Waals surface area contributed by atoms with Crippen molar-refractivity contribution in [3.8, 4) is 11.3 Å². The monoisotopic (exact) mass is 397 g/mol. The van der Waals surface area contributed by atoms with E-state index in [1.165, 1.54) is 23.5 Å². The Labute approximate surface area is 163 Å². The summed E-state index contributed by atoms with van der Waals surface area (Å²) in [7, 11) is 0. The molecule has 1 amide bonds. The van der Waals surface area contributed by atoms with Crippen LogP contribution in [-0.2, 0) is 11.2 Å². The van der Waals surface area contributed by atoms with Crippen molar-refractivity contribution >= 4 is 43.9 Å². The maximum absolute atomic E-state index is 13.1. The molecule has 2 aromatic heterocycles. The highest BCUT2D eigenvalue weighted by atomic mass is 32.1. The van der Waals surface area contributed by atoms with Crippen molar-refractivity contribution in [3.05, 3.63) is 64.2 Å². The maximum Gasteiger partial charge on any atom is 0.226 e. The van der Waals surface area contributed by atoms with Crippen molar-refractivity contribution in [2.45, 2.75) is 19.8 Å².